The number of sulfonamides is 1. The molecule has 2 aromatic carbocycles. The van der Waals surface area contributed by atoms with Crippen LogP contribution < -0.4 is 19.7 Å². The molecule has 2 heterocycles. The summed E-state index contributed by atoms with van der Waals surface area (Å²) in [6.45, 7) is 2.49. The van der Waals surface area contributed by atoms with E-state index in [4.69, 9.17) is 21.7 Å². The van der Waals surface area contributed by atoms with E-state index in [1.165, 1.54) is 23.9 Å². The zero-order chi connectivity index (χ0) is 25.7. The molecule has 2 amide bonds. The maximum Gasteiger partial charge on any atom is 0.266 e. The third-order valence-electron chi connectivity index (χ3n) is 5.51. The molecule has 4 rings (SSSR count). The van der Waals surface area contributed by atoms with Crippen LogP contribution in [0.15, 0.2) is 52.3 Å². The summed E-state index contributed by atoms with van der Waals surface area (Å²) in [6.07, 6.45) is 3.81. The summed E-state index contributed by atoms with van der Waals surface area (Å²) >= 11 is 6.63. The molecule has 1 saturated heterocycles. The van der Waals surface area contributed by atoms with Gasteiger partial charge < -0.3 is 9.47 Å². The van der Waals surface area contributed by atoms with Gasteiger partial charge in [-0.1, -0.05) is 54.2 Å². The molecule has 0 spiro atoms. The van der Waals surface area contributed by atoms with Crippen LogP contribution in [0.3, 0.4) is 0 Å². The molecule has 0 radical (unpaired) electrons. The van der Waals surface area contributed by atoms with E-state index in [-0.39, 0.29) is 24.0 Å². The van der Waals surface area contributed by atoms with Crippen molar-refractivity contribution in [2.24, 2.45) is 0 Å². The number of thioether (sulfide) groups is 1. The lowest BCUT2D eigenvalue weighted by molar-refractivity contribution is -0.123. The predicted octanol–water partition coefficient (Wildman–Crippen LogP) is 3.50. The summed E-state index contributed by atoms with van der Waals surface area (Å²) in [7, 11) is -3.82. The average Bonchev–Trinajstić information content (AvgIpc) is 3.42. The van der Waals surface area contributed by atoms with Gasteiger partial charge in [-0.05, 0) is 55.7 Å². The topological polar surface area (TPSA) is 114 Å². The van der Waals surface area contributed by atoms with E-state index in [0.717, 1.165) is 11.1 Å². The lowest BCUT2D eigenvalue weighted by atomic mass is 10.1. The molecule has 0 atom stereocenters. The molecule has 2 aliphatic heterocycles. The van der Waals surface area contributed by atoms with E-state index in [0.29, 0.717) is 46.5 Å². The first kappa shape index (κ1) is 26.1. The van der Waals surface area contributed by atoms with Crippen molar-refractivity contribution in [1.82, 2.24) is 15.2 Å². The van der Waals surface area contributed by atoms with Crippen LogP contribution >= 0.6 is 24.0 Å². The molecular formula is C24H25N3O6S3. The standard InChI is InChI=1S/C24H25N3O6S3/c1-16-6-9-18(10-7-16)36(30,31)26-25-22(28)5-3-2-4-12-27-23(29)21(35-24(27)34)14-17-8-11-19-20(13-17)33-15-32-19/h6-11,13-14,26H,2-5,12,15H2,1H3,(H,25,28)/b21-14-. The second-order valence-electron chi connectivity index (χ2n) is 8.22. The Morgan fingerprint density at radius 3 is 2.64 bits per heavy atom. The minimum absolute atomic E-state index is 0.0736. The van der Waals surface area contributed by atoms with E-state index in [1.807, 2.05) is 19.1 Å². The van der Waals surface area contributed by atoms with E-state index >= 15 is 0 Å². The first-order valence-corrected chi connectivity index (χ1v) is 14.0. The Morgan fingerprint density at radius 1 is 1.11 bits per heavy atom. The van der Waals surface area contributed by atoms with Crippen molar-refractivity contribution in [3.05, 3.63) is 58.5 Å². The molecule has 0 aliphatic carbocycles. The summed E-state index contributed by atoms with van der Waals surface area (Å²) in [5, 5.41) is 0. The number of fused-ring (bicyclic) bond motifs is 1. The maximum absolute atomic E-state index is 12.8. The lowest BCUT2D eigenvalue weighted by Gasteiger charge is -2.14. The van der Waals surface area contributed by atoms with E-state index < -0.39 is 15.9 Å². The summed E-state index contributed by atoms with van der Waals surface area (Å²) in [6, 6.07) is 11.8. The monoisotopic (exact) mass is 547 g/mol. The Balaban J connectivity index is 1.18. The summed E-state index contributed by atoms with van der Waals surface area (Å²) < 4.78 is 35.6. The molecule has 0 saturated carbocycles. The number of aryl methyl sites for hydroxylation is 1. The van der Waals surface area contributed by atoms with Gasteiger partial charge in [-0.25, -0.2) is 8.42 Å². The fraction of sp³-hybridized carbons (Fsp3) is 0.292. The number of amides is 2. The Kier molecular flexibility index (Phi) is 8.29. The van der Waals surface area contributed by atoms with E-state index in [1.54, 1.807) is 29.2 Å². The molecule has 2 aliphatic rings. The fourth-order valence-corrected chi connectivity index (χ4v) is 5.71. The predicted molar refractivity (Wildman–Crippen MR) is 141 cm³/mol. The van der Waals surface area contributed by atoms with Gasteiger partial charge in [0.05, 0.1) is 9.80 Å². The third-order valence-corrected chi connectivity index (χ3v) is 8.15. The quantitative estimate of drug-likeness (QED) is 0.201. The number of thiocarbonyl (C=S) groups is 1. The first-order chi connectivity index (χ1) is 17.2. The second-order valence-corrected chi connectivity index (χ2v) is 11.6. The highest BCUT2D eigenvalue weighted by Gasteiger charge is 2.31. The second kappa shape index (κ2) is 11.4. The van der Waals surface area contributed by atoms with Crippen LogP contribution in [-0.4, -0.2) is 42.8 Å². The highest BCUT2D eigenvalue weighted by Crippen LogP contribution is 2.36. The van der Waals surface area contributed by atoms with Crippen LogP contribution in [0.1, 0.15) is 36.8 Å². The van der Waals surface area contributed by atoms with Crippen LogP contribution in [0.4, 0.5) is 0 Å². The van der Waals surface area contributed by atoms with Crippen LogP contribution in [0.25, 0.3) is 6.08 Å². The fourth-order valence-electron chi connectivity index (χ4n) is 3.54. The SMILES string of the molecule is Cc1ccc(S(=O)(=O)NNC(=O)CCCCCN2C(=O)/C(=C/c3ccc4c(c3)OCO4)SC2=S)cc1. The smallest absolute Gasteiger partial charge is 0.266 e. The minimum atomic E-state index is -3.82. The molecule has 1 fully saturated rings. The Hall–Kier alpha value is -2.93. The number of carbonyl (C=O) groups is 2. The number of rotatable bonds is 10. The van der Waals surface area contributed by atoms with Crippen molar-refractivity contribution >= 4 is 56.2 Å². The summed E-state index contributed by atoms with van der Waals surface area (Å²) in [5.74, 6) is 0.747. The van der Waals surface area contributed by atoms with Crippen LogP contribution in [0.5, 0.6) is 11.5 Å². The molecule has 2 N–H and O–H groups in total. The van der Waals surface area contributed by atoms with Gasteiger partial charge in [0.25, 0.3) is 15.9 Å². The van der Waals surface area contributed by atoms with Crippen molar-refractivity contribution in [3.8, 4) is 11.5 Å². The molecule has 2 aromatic rings. The van der Waals surface area contributed by atoms with Gasteiger partial charge in [0.2, 0.25) is 12.7 Å². The Morgan fingerprint density at radius 2 is 1.86 bits per heavy atom. The number of nitrogens with one attached hydrogen (secondary N) is 2. The molecule has 12 heteroatoms. The largest absolute Gasteiger partial charge is 0.454 e. The first-order valence-electron chi connectivity index (χ1n) is 11.3. The number of unbranched alkanes of at least 4 members (excludes halogenated alkanes) is 2. The van der Waals surface area contributed by atoms with E-state index in [2.05, 4.69) is 10.3 Å². The number of benzene rings is 2. The molecular weight excluding hydrogens is 522 g/mol. The molecule has 0 unspecified atom stereocenters. The van der Waals surface area contributed by atoms with Crippen molar-refractivity contribution in [1.29, 1.82) is 0 Å². The Bertz CT molecular complexity index is 1310. The normalized spacial score (nSPS) is 16.1. The number of hydrogen-bond donors (Lipinski definition) is 2. The van der Waals surface area contributed by atoms with Crippen LogP contribution in [0, 0.1) is 6.92 Å². The number of carbonyl (C=O) groups excluding carboxylic acids is 2. The molecule has 190 valence electrons. The molecule has 36 heavy (non-hydrogen) atoms. The Labute approximate surface area is 219 Å². The number of nitrogens with zero attached hydrogens (tertiary/aromatic N) is 1. The van der Waals surface area contributed by atoms with Gasteiger partial charge in [-0.2, -0.15) is 0 Å². The zero-order valence-corrected chi connectivity index (χ0v) is 21.9. The molecule has 0 bridgehead atoms. The molecule has 0 aromatic heterocycles. The average molecular weight is 548 g/mol. The number of hydrogen-bond acceptors (Lipinski definition) is 8. The van der Waals surface area contributed by atoms with Crippen molar-refractivity contribution in [3.63, 3.8) is 0 Å². The summed E-state index contributed by atoms with van der Waals surface area (Å²) in [5.41, 5.74) is 3.99. The number of ether oxygens (including phenoxy) is 2. The van der Waals surface area contributed by atoms with Crippen molar-refractivity contribution < 1.29 is 27.5 Å². The van der Waals surface area contributed by atoms with Crippen LogP contribution in [-0.2, 0) is 19.6 Å². The van der Waals surface area contributed by atoms with Crippen molar-refractivity contribution in [2.75, 3.05) is 13.3 Å². The highest BCUT2D eigenvalue weighted by molar-refractivity contribution is 8.26. The van der Waals surface area contributed by atoms with Gasteiger partial charge >= 0.3 is 0 Å². The number of hydrazine groups is 1. The molecule has 9 nitrogen and oxygen atoms in total. The maximum atomic E-state index is 12.8. The summed E-state index contributed by atoms with van der Waals surface area (Å²) in [4.78, 5) is 29.1. The lowest BCUT2D eigenvalue weighted by Crippen LogP contribution is -2.41. The van der Waals surface area contributed by atoms with Crippen LogP contribution in [0.2, 0.25) is 0 Å². The van der Waals surface area contributed by atoms with Gasteiger partial charge in [0, 0.05) is 13.0 Å². The zero-order valence-electron chi connectivity index (χ0n) is 19.5. The van der Waals surface area contributed by atoms with Gasteiger partial charge in [-0.3, -0.25) is 19.9 Å². The van der Waals surface area contributed by atoms with Gasteiger partial charge in [-0.15, -0.1) is 4.83 Å². The minimum Gasteiger partial charge on any atom is -0.454 e. The third kappa shape index (κ3) is 6.44. The van der Waals surface area contributed by atoms with Gasteiger partial charge in [0.15, 0.2) is 11.5 Å². The highest BCUT2D eigenvalue weighted by atomic mass is 32.2. The van der Waals surface area contributed by atoms with Gasteiger partial charge in [0.1, 0.15) is 4.32 Å². The van der Waals surface area contributed by atoms with E-state index in [9.17, 15) is 18.0 Å². The van der Waals surface area contributed by atoms with Crippen molar-refractivity contribution in [2.45, 2.75) is 37.5 Å².